The van der Waals surface area contributed by atoms with Gasteiger partial charge in [0.15, 0.2) is 0 Å². The number of aryl methyl sites for hydroxylation is 1. The molecule has 4 rings (SSSR count). The van der Waals surface area contributed by atoms with Crippen molar-refractivity contribution < 1.29 is 14.7 Å². The molecular formula is C26H23NO3. The Morgan fingerprint density at radius 1 is 0.867 bits per heavy atom. The Kier molecular flexibility index (Phi) is 5.48. The number of hydrogen-bond acceptors (Lipinski definition) is 3. The predicted molar refractivity (Wildman–Crippen MR) is 117 cm³/mol. The molecule has 4 heteroatoms. The second-order valence-electron chi connectivity index (χ2n) is 7.50. The molecule has 1 aliphatic heterocycles. The van der Waals surface area contributed by atoms with Gasteiger partial charge in [0, 0.05) is 12.1 Å². The Hall–Kier alpha value is -3.66. The van der Waals surface area contributed by atoms with Gasteiger partial charge in [0.05, 0.1) is 11.6 Å². The van der Waals surface area contributed by atoms with Crippen LogP contribution in [0.1, 0.15) is 28.3 Å². The average molecular weight is 397 g/mol. The Bertz CT molecular complexity index is 1090. The van der Waals surface area contributed by atoms with E-state index >= 15 is 0 Å². The van der Waals surface area contributed by atoms with Crippen molar-refractivity contribution in [3.05, 3.63) is 113 Å². The molecular weight excluding hydrogens is 374 g/mol. The number of aliphatic hydroxyl groups is 1. The molecule has 1 heterocycles. The average Bonchev–Trinajstić information content (AvgIpc) is 3.04. The Balaban J connectivity index is 1.78. The van der Waals surface area contributed by atoms with Gasteiger partial charge in [-0.3, -0.25) is 9.59 Å². The topological polar surface area (TPSA) is 57.6 Å². The van der Waals surface area contributed by atoms with Crippen LogP contribution in [0.5, 0.6) is 0 Å². The molecule has 1 fully saturated rings. The number of carbonyl (C=O) groups excluding carboxylic acids is 2. The molecule has 0 bridgehead atoms. The van der Waals surface area contributed by atoms with Gasteiger partial charge < -0.3 is 10.0 Å². The van der Waals surface area contributed by atoms with Crippen molar-refractivity contribution in [3.63, 3.8) is 0 Å². The fourth-order valence-corrected chi connectivity index (χ4v) is 3.85. The lowest BCUT2D eigenvalue weighted by Crippen LogP contribution is -2.31. The summed E-state index contributed by atoms with van der Waals surface area (Å²) >= 11 is 0. The number of amides is 1. The highest BCUT2D eigenvalue weighted by atomic mass is 16.3. The van der Waals surface area contributed by atoms with Crippen LogP contribution in [0.3, 0.4) is 0 Å². The lowest BCUT2D eigenvalue weighted by molar-refractivity contribution is -0.139. The SMILES string of the molecule is Cc1ccc(C2C(=C(O)c3ccccc3)C(=O)C(=O)N2CCc2ccccc2)cc1. The van der Waals surface area contributed by atoms with Gasteiger partial charge in [-0.2, -0.15) is 0 Å². The van der Waals surface area contributed by atoms with E-state index in [2.05, 4.69) is 0 Å². The van der Waals surface area contributed by atoms with Crippen molar-refractivity contribution in [2.24, 2.45) is 0 Å². The first-order valence-corrected chi connectivity index (χ1v) is 10.0. The van der Waals surface area contributed by atoms with Gasteiger partial charge in [-0.1, -0.05) is 90.5 Å². The van der Waals surface area contributed by atoms with Crippen molar-refractivity contribution in [2.45, 2.75) is 19.4 Å². The Labute approximate surface area is 176 Å². The van der Waals surface area contributed by atoms with Gasteiger partial charge in [0.2, 0.25) is 0 Å². The summed E-state index contributed by atoms with van der Waals surface area (Å²) in [5.74, 6) is -1.36. The largest absolute Gasteiger partial charge is 0.507 e. The standard InChI is InChI=1S/C26H23NO3/c1-18-12-14-20(15-13-18)23-22(24(28)21-10-6-3-7-11-21)25(29)26(30)27(23)17-16-19-8-4-2-5-9-19/h2-15,23,28H,16-17H2,1H3. The first-order valence-electron chi connectivity index (χ1n) is 10.0. The molecule has 1 saturated heterocycles. The lowest BCUT2D eigenvalue weighted by Gasteiger charge is -2.25. The molecule has 1 atom stereocenters. The fraction of sp³-hybridized carbons (Fsp3) is 0.154. The minimum absolute atomic E-state index is 0.137. The zero-order valence-electron chi connectivity index (χ0n) is 16.8. The highest BCUT2D eigenvalue weighted by Gasteiger charge is 2.45. The molecule has 3 aromatic rings. The van der Waals surface area contributed by atoms with Gasteiger partial charge in [0.1, 0.15) is 5.76 Å². The van der Waals surface area contributed by atoms with Gasteiger partial charge in [-0.05, 0) is 24.5 Å². The molecule has 0 saturated carbocycles. The molecule has 4 nitrogen and oxygen atoms in total. The molecule has 3 aromatic carbocycles. The zero-order chi connectivity index (χ0) is 21.1. The third-order valence-electron chi connectivity index (χ3n) is 5.46. The summed E-state index contributed by atoms with van der Waals surface area (Å²) in [7, 11) is 0. The summed E-state index contributed by atoms with van der Waals surface area (Å²) in [6.45, 7) is 2.37. The summed E-state index contributed by atoms with van der Waals surface area (Å²) < 4.78 is 0. The van der Waals surface area contributed by atoms with Crippen LogP contribution in [-0.2, 0) is 16.0 Å². The summed E-state index contributed by atoms with van der Waals surface area (Å²) in [5, 5.41) is 11.0. The van der Waals surface area contributed by atoms with Gasteiger partial charge in [-0.15, -0.1) is 0 Å². The van der Waals surface area contributed by atoms with E-state index in [0.29, 0.717) is 18.5 Å². The first-order chi connectivity index (χ1) is 14.6. The van der Waals surface area contributed by atoms with Crippen LogP contribution < -0.4 is 0 Å². The Morgan fingerprint density at radius 3 is 2.10 bits per heavy atom. The summed E-state index contributed by atoms with van der Waals surface area (Å²) in [5.41, 5.74) is 3.65. The van der Waals surface area contributed by atoms with Crippen LogP contribution in [0.2, 0.25) is 0 Å². The van der Waals surface area contributed by atoms with Crippen molar-refractivity contribution in [2.75, 3.05) is 6.54 Å². The van der Waals surface area contributed by atoms with E-state index in [1.54, 1.807) is 29.2 Å². The van der Waals surface area contributed by atoms with Crippen LogP contribution in [0.15, 0.2) is 90.5 Å². The van der Waals surface area contributed by atoms with Crippen LogP contribution in [0.4, 0.5) is 0 Å². The quantitative estimate of drug-likeness (QED) is 0.387. The van der Waals surface area contributed by atoms with E-state index in [9.17, 15) is 14.7 Å². The van der Waals surface area contributed by atoms with Crippen LogP contribution in [0, 0.1) is 6.92 Å². The maximum atomic E-state index is 13.0. The van der Waals surface area contributed by atoms with E-state index in [0.717, 1.165) is 16.7 Å². The smallest absolute Gasteiger partial charge is 0.295 e. The fourth-order valence-electron chi connectivity index (χ4n) is 3.85. The maximum Gasteiger partial charge on any atom is 0.295 e. The first kappa shape index (κ1) is 19.6. The second-order valence-corrected chi connectivity index (χ2v) is 7.50. The number of nitrogens with zero attached hydrogens (tertiary/aromatic N) is 1. The molecule has 0 aromatic heterocycles. The molecule has 0 spiro atoms. The van der Waals surface area contributed by atoms with Crippen molar-refractivity contribution >= 4 is 17.4 Å². The number of hydrogen-bond donors (Lipinski definition) is 1. The van der Waals surface area contributed by atoms with Gasteiger partial charge in [0.25, 0.3) is 11.7 Å². The minimum atomic E-state index is -0.644. The van der Waals surface area contributed by atoms with Gasteiger partial charge >= 0.3 is 0 Å². The molecule has 0 radical (unpaired) electrons. The number of rotatable bonds is 5. The number of ketones is 1. The Morgan fingerprint density at radius 2 is 1.47 bits per heavy atom. The van der Waals surface area contributed by atoms with E-state index in [1.807, 2.05) is 67.6 Å². The van der Waals surface area contributed by atoms with Crippen molar-refractivity contribution in [3.8, 4) is 0 Å². The summed E-state index contributed by atoms with van der Waals surface area (Å²) in [4.78, 5) is 27.5. The van der Waals surface area contributed by atoms with Crippen LogP contribution in [0.25, 0.3) is 5.76 Å². The molecule has 30 heavy (non-hydrogen) atoms. The highest BCUT2D eigenvalue weighted by Crippen LogP contribution is 2.39. The third-order valence-corrected chi connectivity index (χ3v) is 5.46. The maximum absolute atomic E-state index is 13.0. The number of benzene rings is 3. The molecule has 1 unspecified atom stereocenters. The monoisotopic (exact) mass is 397 g/mol. The number of Topliss-reactive ketones (excluding diaryl/α,β-unsaturated/α-hetero) is 1. The van der Waals surface area contributed by atoms with Gasteiger partial charge in [-0.25, -0.2) is 0 Å². The molecule has 0 aliphatic carbocycles. The third kappa shape index (κ3) is 3.77. The van der Waals surface area contributed by atoms with Crippen molar-refractivity contribution in [1.29, 1.82) is 0 Å². The highest BCUT2D eigenvalue weighted by molar-refractivity contribution is 6.46. The molecule has 1 aliphatic rings. The zero-order valence-corrected chi connectivity index (χ0v) is 16.8. The molecule has 1 N–H and O–H groups in total. The van der Waals surface area contributed by atoms with Crippen molar-refractivity contribution in [1.82, 2.24) is 4.90 Å². The minimum Gasteiger partial charge on any atom is -0.507 e. The molecule has 150 valence electrons. The van der Waals surface area contributed by atoms with E-state index < -0.39 is 17.7 Å². The number of carbonyl (C=O) groups is 2. The predicted octanol–water partition coefficient (Wildman–Crippen LogP) is 4.66. The number of likely N-dealkylation sites (tertiary alicyclic amines) is 1. The summed E-state index contributed by atoms with van der Waals surface area (Å²) in [6.07, 6.45) is 0.627. The van der Waals surface area contributed by atoms with Crippen LogP contribution >= 0.6 is 0 Å². The van der Waals surface area contributed by atoms with E-state index in [4.69, 9.17) is 0 Å². The van der Waals surface area contributed by atoms with E-state index in [-0.39, 0.29) is 11.3 Å². The number of aliphatic hydroxyl groups excluding tert-OH is 1. The summed E-state index contributed by atoms with van der Waals surface area (Å²) in [6, 6.07) is 25.9. The lowest BCUT2D eigenvalue weighted by atomic mass is 9.94. The van der Waals surface area contributed by atoms with E-state index in [1.165, 1.54) is 0 Å². The van der Waals surface area contributed by atoms with Crippen LogP contribution in [-0.4, -0.2) is 28.2 Å². The second kappa shape index (κ2) is 8.37. The normalized spacial score (nSPS) is 18.0. The molecule has 1 amide bonds.